The van der Waals surface area contributed by atoms with Gasteiger partial charge in [-0.3, -0.25) is 0 Å². The highest BCUT2D eigenvalue weighted by molar-refractivity contribution is 6.39. The van der Waals surface area contributed by atoms with Gasteiger partial charge in [-0.15, -0.1) is 12.4 Å². The first-order chi connectivity index (χ1) is 6.74. The molecule has 0 atom stereocenters. The van der Waals surface area contributed by atoms with E-state index in [9.17, 15) is 0 Å². The monoisotopic (exact) mass is 264 g/mol. The molecule has 0 saturated heterocycles. The molecule has 0 bridgehead atoms. The minimum atomic E-state index is 0. The number of nitrogens with zero attached hydrogens (tertiary/aromatic N) is 2. The van der Waals surface area contributed by atoms with Crippen LogP contribution in [-0.4, -0.2) is 17.1 Å². The minimum absolute atomic E-state index is 0. The molecule has 2 rings (SSSR count). The van der Waals surface area contributed by atoms with Crippen LogP contribution in [-0.2, 0) is 0 Å². The van der Waals surface area contributed by atoms with E-state index in [0.717, 1.165) is 5.39 Å². The number of methoxy groups -OCH3 is 1. The summed E-state index contributed by atoms with van der Waals surface area (Å²) >= 11 is 11.9. The predicted octanol–water partition coefficient (Wildman–Crippen LogP) is 3.37. The van der Waals surface area contributed by atoms with Crippen LogP contribution in [0.25, 0.3) is 10.9 Å². The fourth-order valence-electron chi connectivity index (χ4n) is 1.20. The molecule has 0 amide bonds. The van der Waals surface area contributed by atoms with E-state index in [2.05, 4.69) is 9.97 Å². The van der Waals surface area contributed by atoms with E-state index in [1.54, 1.807) is 19.2 Å². The molecule has 0 unspecified atom stereocenters. The Morgan fingerprint density at radius 3 is 2.60 bits per heavy atom. The van der Waals surface area contributed by atoms with Crippen molar-refractivity contribution in [2.24, 2.45) is 0 Å². The third kappa shape index (κ3) is 2.09. The van der Waals surface area contributed by atoms with Crippen LogP contribution in [0.5, 0.6) is 5.75 Å². The number of hydrogen-bond acceptors (Lipinski definition) is 3. The maximum Gasteiger partial charge on any atom is 0.140 e. The van der Waals surface area contributed by atoms with Crippen molar-refractivity contribution >= 4 is 46.5 Å². The minimum Gasteiger partial charge on any atom is -0.495 e. The van der Waals surface area contributed by atoms with E-state index in [-0.39, 0.29) is 12.4 Å². The van der Waals surface area contributed by atoms with Crippen molar-refractivity contribution < 1.29 is 4.74 Å². The molecule has 3 nitrogen and oxygen atoms in total. The molecule has 0 aliphatic rings. The number of ether oxygens (including phenoxy) is 1. The molecule has 0 aliphatic carbocycles. The average Bonchev–Trinajstić information content (AvgIpc) is 2.20. The van der Waals surface area contributed by atoms with Crippen LogP contribution in [0.3, 0.4) is 0 Å². The van der Waals surface area contributed by atoms with Gasteiger partial charge in [0.1, 0.15) is 22.3 Å². The van der Waals surface area contributed by atoms with Crippen LogP contribution in [0, 0.1) is 0 Å². The van der Waals surface area contributed by atoms with Gasteiger partial charge in [-0.1, -0.05) is 23.2 Å². The second kappa shape index (κ2) is 4.84. The van der Waals surface area contributed by atoms with Crippen LogP contribution in [0.1, 0.15) is 0 Å². The van der Waals surface area contributed by atoms with Gasteiger partial charge >= 0.3 is 0 Å². The van der Waals surface area contributed by atoms with Crippen LogP contribution < -0.4 is 4.74 Å². The normalized spacial score (nSPS) is 9.80. The molecule has 6 heteroatoms. The van der Waals surface area contributed by atoms with Gasteiger partial charge < -0.3 is 4.74 Å². The van der Waals surface area contributed by atoms with Gasteiger partial charge in [0.2, 0.25) is 0 Å². The van der Waals surface area contributed by atoms with E-state index < -0.39 is 0 Å². The molecule has 0 fully saturated rings. The molecule has 1 aromatic heterocycles. The second-order valence-electron chi connectivity index (χ2n) is 2.64. The van der Waals surface area contributed by atoms with E-state index in [4.69, 9.17) is 27.9 Å². The lowest BCUT2D eigenvalue weighted by atomic mass is 10.2. The Bertz CT molecular complexity index is 490. The lowest BCUT2D eigenvalue weighted by Gasteiger charge is -2.05. The van der Waals surface area contributed by atoms with Crippen molar-refractivity contribution in [2.75, 3.05) is 7.11 Å². The van der Waals surface area contributed by atoms with Gasteiger partial charge in [0.15, 0.2) is 0 Å². The first kappa shape index (κ1) is 12.3. The molecule has 1 aromatic carbocycles. The summed E-state index contributed by atoms with van der Waals surface area (Å²) in [5, 5.41) is 1.56. The van der Waals surface area contributed by atoms with Gasteiger partial charge in [-0.2, -0.15) is 0 Å². The van der Waals surface area contributed by atoms with Crippen molar-refractivity contribution in [1.82, 2.24) is 9.97 Å². The lowest BCUT2D eigenvalue weighted by Crippen LogP contribution is -1.89. The Balaban J connectivity index is 0.00000112. The highest BCUT2D eigenvalue weighted by Gasteiger charge is 2.09. The van der Waals surface area contributed by atoms with Crippen LogP contribution >= 0.6 is 35.6 Å². The number of halogens is 3. The van der Waals surface area contributed by atoms with Gasteiger partial charge in [0, 0.05) is 5.39 Å². The highest BCUT2D eigenvalue weighted by atomic mass is 35.5. The molecule has 1 heterocycles. The summed E-state index contributed by atoms with van der Waals surface area (Å²) in [5.74, 6) is 0.578. The zero-order valence-electron chi connectivity index (χ0n) is 7.70. The highest BCUT2D eigenvalue weighted by Crippen LogP contribution is 2.33. The maximum atomic E-state index is 6.04. The molecule has 2 aromatic rings. The SMILES string of the molecule is COc1ccc2c(Cl)ncnc2c1Cl.Cl. The third-order valence-corrected chi connectivity index (χ3v) is 2.55. The quantitative estimate of drug-likeness (QED) is 0.742. The first-order valence-corrected chi connectivity index (χ1v) is 4.62. The Labute approximate surface area is 103 Å². The fourth-order valence-corrected chi connectivity index (χ4v) is 1.69. The van der Waals surface area contributed by atoms with Gasteiger partial charge in [0.25, 0.3) is 0 Å². The molecule has 0 aliphatic heterocycles. The molecule has 0 spiro atoms. The summed E-state index contributed by atoms with van der Waals surface area (Å²) in [7, 11) is 1.55. The van der Waals surface area contributed by atoms with Crippen molar-refractivity contribution in [3.63, 3.8) is 0 Å². The summed E-state index contributed by atoms with van der Waals surface area (Å²) in [6, 6.07) is 3.52. The number of rotatable bonds is 1. The maximum absolute atomic E-state index is 6.04. The summed E-state index contributed by atoms with van der Waals surface area (Å²) in [4.78, 5) is 7.90. The summed E-state index contributed by atoms with van der Waals surface area (Å²) in [6.45, 7) is 0. The number of hydrogen-bond donors (Lipinski definition) is 0. The van der Waals surface area contributed by atoms with E-state index in [1.807, 2.05) is 0 Å². The molecule has 0 saturated carbocycles. The molecular weight excluding hydrogens is 258 g/mol. The summed E-state index contributed by atoms with van der Waals surface area (Å²) < 4.78 is 5.06. The standard InChI is InChI=1S/C9H6Cl2N2O.ClH/c1-14-6-3-2-5-8(7(6)10)12-4-13-9(5)11;/h2-4H,1H3;1H. The van der Waals surface area contributed by atoms with Crippen molar-refractivity contribution in [2.45, 2.75) is 0 Å². The zero-order chi connectivity index (χ0) is 10.1. The van der Waals surface area contributed by atoms with E-state index >= 15 is 0 Å². The van der Waals surface area contributed by atoms with E-state index in [0.29, 0.717) is 21.4 Å². The molecular formula is C9H7Cl3N2O. The molecule has 0 radical (unpaired) electrons. The summed E-state index contributed by atoms with van der Waals surface area (Å²) in [5.41, 5.74) is 0.603. The Hall–Kier alpha value is -0.770. The Kier molecular flexibility index (Phi) is 3.97. The second-order valence-corrected chi connectivity index (χ2v) is 3.38. The molecule has 15 heavy (non-hydrogen) atoms. The summed E-state index contributed by atoms with van der Waals surface area (Å²) in [6.07, 6.45) is 1.37. The third-order valence-electron chi connectivity index (χ3n) is 1.88. The lowest BCUT2D eigenvalue weighted by molar-refractivity contribution is 0.415. The van der Waals surface area contributed by atoms with Crippen LogP contribution in [0.4, 0.5) is 0 Å². The van der Waals surface area contributed by atoms with Crippen LogP contribution in [0.15, 0.2) is 18.5 Å². The van der Waals surface area contributed by atoms with Crippen molar-refractivity contribution in [3.8, 4) is 5.75 Å². The number of benzene rings is 1. The Morgan fingerprint density at radius 2 is 1.93 bits per heavy atom. The largest absolute Gasteiger partial charge is 0.495 e. The van der Waals surface area contributed by atoms with Gasteiger partial charge in [0.05, 0.1) is 12.6 Å². The van der Waals surface area contributed by atoms with Crippen LogP contribution in [0.2, 0.25) is 10.2 Å². The average molecular weight is 266 g/mol. The zero-order valence-corrected chi connectivity index (χ0v) is 10.0. The number of aromatic nitrogens is 2. The fraction of sp³-hybridized carbons (Fsp3) is 0.111. The van der Waals surface area contributed by atoms with E-state index in [1.165, 1.54) is 6.33 Å². The first-order valence-electron chi connectivity index (χ1n) is 3.86. The Morgan fingerprint density at radius 1 is 1.20 bits per heavy atom. The smallest absolute Gasteiger partial charge is 0.140 e. The topological polar surface area (TPSA) is 35.0 Å². The van der Waals surface area contributed by atoms with Gasteiger partial charge in [-0.25, -0.2) is 9.97 Å². The van der Waals surface area contributed by atoms with Gasteiger partial charge in [-0.05, 0) is 12.1 Å². The molecule has 0 N–H and O–H groups in total. The predicted molar refractivity (Wildman–Crippen MR) is 63.4 cm³/mol. The van der Waals surface area contributed by atoms with Crippen molar-refractivity contribution in [3.05, 3.63) is 28.6 Å². The number of fused-ring (bicyclic) bond motifs is 1. The molecule has 80 valence electrons. The van der Waals surface area contributed by atoms with Crippen molar-refractivity contribution in [1.29, 1.82) is 0 Å².